The van der Waals surface area contributed by atoms with E-state index in [0.29, 0.717) is 6.54 Å². The van der Waals surface area contributed by atoms with E-state index in [-0.39, 0.29) is 11.8 Å². The highest BCUT2D eigenvalue weighted by molar-refractivity contribution is 5.78. The molecule has 0 aromatic rings. The van der Waals surface area contributed by atoms with E-state index in [1.807, 2.05) is 0 Å². The molecule has 0 rings (SSSR count). The van der Waals surface area contributed by atoms with Crippen molar-refractivity contribution in [2.45, 2.75) is 52.4 Å². The average molecular weight is 209 g/mol. The number of carbonyl (C=O) groups excluding carboxylic acids is 1. The van der Waals surface area contributed by atoms with Crippen molar-refractivity contribution in [1.29, 1.82) is 0 Å². The summed E-state index contributed by atoms with van der Waals surface area (Å²) in [7, 11) is 0. The van der Waals surface area contributed by atoms with Gasteiger partial charge >= 0.3 is 0 Å². The van der Waals surface area contributed by atoms with Gasteiger partial charge in [0.2, 0.25) is 5.91 Å². The molecular weight excluding hydrogens is 186 g/mol. The van der Waals surface area contributed by atoms with Crippen LogP contribution in [0.2, 0.25) is 0 Å². The standard InChI is InChI=1S/C13H23NO/c1-4-7-8-9-10-12(6-3)13(15)14-11-5-2/h2,12H,4,6-11H2,1,3H3,(H,14,15). The maximum atomic E-state index is 11.6. The van der Waals surface area contributed by atoms with Crippen molar-refractivity contribution in [3.8, 4) is 12.3 Å². The molecule has 0 bridgehead atoms. The molecule has 0 heterocycles. The van der Waals surface area contributed by atoms with Gasteiger partial charge in [-0.25, -0.2) is 0 Å². The highest BCUT2D eigenvalue weighted by Crippen LogP contribution is 2.14. The Labute approximate surface area is 93.8 Å². The summed E-state index contributed by atoms with van der Waals surface area (Å²) in [6.07, 6.45) is 11.9. The van der Waals surface area contributed by atoms with E-state index >= 15 is 0 Å². The zero-order valence-corrected chi connectivity index (χ0v) is 10.0. The minimum Gasteiger partial charge on any atom is -0.345 e. The predicted molar refractivity (Wildman–Crippen MR) is 64.4 cm³/mol. The van der Waals surface area contributed by atoms with Crippen LogP contribution in [-0.4, -0.2) is 12.5 Å². The quantitative estimate of drug-likeness (QED) is 0.483. The topological polar surface area (TPSA) is 29.1 Å². The fourth-order valence-electron chi connectivity index (χ4n) is 1.62. The van der Waals surface area contributed by atoms with Crippen LogP contribution >= 0.6 is 0 Å². The number of hydrogen-bond donors (Lipinski definition) is 1. The van der Waals surface area contributed by atoms with Crippen LogP contribution in [0.5, 0.6) is 0 Å². The summed E-state index contributed by atoms with van der Waals surface area (Å²) in [5.41, 5.74) is 0. The van der Waals surface area contributed by atoms with E-state index in [2.05, 4.69) is 25.1 Å². The summed E-state index contributed by atoms with van der Waals surface area (Å²) in [6, 6.07) is 0. The van der Waals surface area contributed by atoms with Gasteiger partial charge in [0.1, 0.15) is 0 Å². The Morgan fingerprint density at radius 3 is 2.60 bits per heavy atom. The van der Waals surface area contributed by atoms with E-state index in [9.17, 15) is 4.79 Å². The Bertz CT molecular complexity index is 205. The highest BCUT2D eigenvalue weighted by atomic mass is 16.1. The second-order valence-electron chi connectivity index (χ2n) is 3.88. The number of hydrogen-bond acceptors (Lipinski definition) is 1. The van der Waals surface area contributed by atoms with Crippen LogP contribution in [0.15, 0.2) is 0 Å². The number of nitrogens with one attached hydrogen (secondary N) is 1. The van der Waals surface area contributed by atoms with Gasteiger partial charge in [-0.2, -0.15) is 0 Å². The van der Waals surface area contributed by atoms with E-state index < -0.39 is 0 Å². The van der Waals surface area contributed by atoms with Crippen LogP contribution in [0.1, 0.15) is 52.4 Å². The smallest absolute Gasteiger partial charge is 0.223 e. The average Bonchev–Trinajstić information content (AvgIpc) is 2.26. The fraction of sp³-hybridized carbons (Fsp3) is 0.769. The lowest BCUT2D eigenvalue weighted by Gasteiger charge is -2.13. The van der Waals surface area contributed by atoms with Gasteiger partial charge in [0.25, 0.3) is 0 Å². The first kappa shape index (κ1) is 14.0. The lowest BCUT2D eigenvalue weighted by atomic mass is 9.97. The third-order valence-electron chi connectivity index (χ3n) is 2.63. The maximum absolute atomic E-state index is 11.6. The number of amides is 1. The number of terminal acetylenes is 1. The third kappa shape index (κ3) is 7.02. The summed E-state index contributed by atoms with van der Waals surface area (Å²) in [4.78, 5) is 11.6. The molecule has 0 aliphatic heterocycles. The van der Waals surface area contributed by atoms with E-state index in [4.69, 9.17) is 6.42 Å². The third-order valence-corrected chi connectivity index (χ3v) is 2.63. The highest BCUT2D eigenvalue weighted by Gasteiger charge is 2.14. The molecule has 0 fully saturated rings. The molecule has 15 heavy (non-hydrogen) atoms. The lowest BCUT2D eigenvalue weighted by molar-refractivity contribution is -0.125. The Balaban J connectivity index is 3.71. The van der Waals surface area contributed by atoms with E-state index in [1.54, 1.807) is 0 Å². The van der Waals surface area contributed by atoms with Gasteiger partial charge in [-0.05, 0) is 12.8 Å². The van der Waals surface area contributed by atoms with Gasteiger partial charge in [-0.15, -0.1) is 6.42 Å². The zero-order chi connectivity index (χ0) is 11.5. The number of carbonyl (C=O) groups is 1. The molecule has 0 saturated heterocycles. The minimum atomic E-state index is 0.118. The second kappa shape index (κ2) is 9.58. The van der Waals surface area contributed by atoms with Gasteiger partial charge in [0.15, 0.2) is 0 Å². The fourth-order valence-corrected chi connectivity index (χ4v) is 1.62. The van der Waals surface area contributed by atoms with E-state index in [1.165, 1.54) is 19.3 Å². The Kier molecular flexibility index (Phi) is 8.96. The molecule has 0 saturated carbocycles. The lowest BCUT2D eigenvalue weighted by Crippen LogP contribution is -2.30. The molecule has 0 spiro atoms. The molecular formula is C13H23NO. The van der Waals surface area contributed by atoms with Crippen LogP contribution in [0.4, 0.5) is 0 Å². The molecule has 86 valence electrons. The maximum Gasteiger partial charge on any atom is 0.223 e. The van der Waals surface area contributed by atoms with Crippen molar-refractivity contribution in [2.24, 2.45) is 5.92 Å². The summed E-state index contributed by atoms with van der Waals surface area (Å²) >= 11 is 0. The minimum absolute atomic E-state index is 0.118. The number of rotatable bonds is 8. The molecule has 0 aliphatic rings. The van der Waals surface area contributed by atoms with Crippen molar-refractivity contribution in [3.05, 3.63) is 0 Å². The molecule has 0 aromatic heterocycles. The molecule has 0 aromatic carbocycles. The SMILES string of the molecule is C#CCNC(=O)C(CC)CCCCCC. The van der Waals surface area contributed by atoms with Crippen molar-refractivity contribution in [1.82, 2.24) is 5.32 Å². The van der Waals surface area contributed by atoms with Crippen molar-refractivity contribution in [3.63, 3.8) is 0 Å². The normalized spacial score (nSPS) is 11.8. The largest absolute Gasteiger partial charge is 0.345 e. The van der Waals surface area contributed by atoms with Gasteiger partial charge in [0, 0.05) is 5.92 Å². The molecule has 1 amide bonds. The summed E-state index contributed by atoms with van der Waals surface area (Å²) in [6.45, 7) is 4.60. The second-order valence-corrected chi connectivity index (χ2v) is 3.88. The molecule has 2 heteroatoms. The Hall–Kier alpha value is -0.970. The van der Waals surface area contributed by atoms with Crippen molar-refractivity contribution >= 4 is 5.91 Å². The predicted octanol–water partition coefficient (Wildman–Crippen LogP) is 2.73. The van der Waals surface area contributed by atoms with Crippen LogP contribution in [0.3, 0.4) is 0 Å². The summed E-state index contributed by atoms with van der Waals surface area (Å²) in [5, 5.41) is 2.75. The van der Waals surface area contributed by atoms with Gasteiger partial charge in [0.05, 0.1) is 6.54 Å². The molecule has 1 unspecified atom stereocenters. The van der Waals surface area contributed by atoms with Gasteiger partial charge < -0.3 is 5.32 Å². The van der Waals surface area contributed by atoms with E-state index in [0.717, 1.165) is 19.3 Å². The number of unbranched alkanes of at least 4 members (excludes halogenated alkanes) is 3. The van der Waals surface area contributed by atoms with Gasteiger partial charge in [-0.1, -0.05) is 45.5 Å². The summed E-state index contributed by atoms with van der Waals surface area (Å²) in [5.74, 6) is 2.69. The van der Waals surface area contributed by atoms with Crippen LogP contribution in [-0.2, 0) is 4.79 Å². The monoisotopic (exact) mass is 209 g/mol. The van der Waals surface area contributed by atoms with Crippen LogP contribution < -0.4 is 5.32 Å². The van der Waals surface area contributed by atoms with Gasteiger partial charge in [-0.3, -0.25) is 4.79 Å². The molecule has 2 nitrogen and oxygen atoms in total. The van der Waals surface area contributed by atoms with Crippen LogP contribution in [0, 0.1) is 18.3 Å². The first-order valence-electron chi connectivity index (χ1n) is 5.97. The first-order valence-corrected chi connectivity index (χ1v) is 5.97. The molecule has 1 atom stereocenters. The molecule has 0 aliphatic carbocycles. The van der Waals surface area contributed by atoms with Crippen LogP contribution in [0.25, 0.3) is 0 Å². The Morgan fingerprint density at radius 1 is 1.33 bits per heavy atom. The molecule has 0 radical (unpaired) electrons. The van der Waals surface area contributed by atoms with Crippen molar-refractivity contribution < 1.29 is 4.79 Å². The zero-order valence-electron chi connectivity index (χ0n) is 10.0. The Morgan fingerprint density at radius 2 is 2.07 bits per heavy atom. The first-order chi connectivity index (χ1) is 7.26. The molecule has 1 N–H and O–H groups in total. The summed E-state index contributed by atoms with van der Waals surface area (Å²) < 4.78 is 0. The van der Waals surface area contributed by atoms with Crippen molar-refractivity contribution in [2.75, 3.05) is 6.54 Å².